The van der Waals surface area contributed by atoms with Crippen molar-refractivity contribution in [2.75, 3.05) is 6.61 Å². The molecule has 96 valence electrons. The molecule has 0 N–H and O–H groups in total. The Bertz CT molecular complexity index is 210. The first kappa shape index (κ1) is 14.0. The van der Waals surface area contributed by atoms with Crippen molar-refractivity contribution < 1.29 is 17.9 Å². The monoisotopic (exact) mass is 254 g/mol. The summed E-state index contributed by atoms with van der Waals surface area (Å²) in [5.41, 5.74) is 0. The molecule has 1 aliphatic heterocycles. The molecule has 5 heteroatoms. The van der Waals surface area contributed by atoms with E-state index in [1.807, 2.05) is 0 Å². The summed E-state index contributed by atoms with van der Waals surface area (Å²) >= 11 is 0. The molecule has 0 aromatic carbocycles. The van der Waals surface area contributed by atoms with Crippen molar-refractivity contribution >= 4 is 8.80 Å². The van der Waals surface area contributed by atoms with Crippen LogP contribution in [-0.2, 0) is 4.74 Å². The van der Waals surface area contributed by atoms with E-state index in [4.69, 9.17) is 4.74 Å². The van der Waals surface area contributed by atoms with Crippen LogP contribution in [0.4, 0.5) is 13.2 Å². The Morgan fingerprint density at radius 3 is 2.38 bits per heavy atom. The third kappa shape index (κ3) is 4.09. The van der Waals surface area contributed by atoms with Gasteiger partial charge < -0.3 is 4.74 Å². The highest BCUT2D eigenvalue weighted by atomic mass is 28.3. The van der Waals surface area contributed by atoms with E-state index < -0.39 is 21.4 Å². The lowest BCUT2D eigenvalue weighted by atomic mass is 10.0. The quantitative estimate of drug-likeness (QED) is 0.695. The Hall–Kier alpha value is -0.0331. The van der Waals surface area contributed by atoms with Crippen LogP contribution in [0.5, 0.6) is 0 Å². The highest BCUT2D eigenvalue weighted by molar-refractivity contribution is 6.59. The predicted molar refractivity (Wildman–Crippen MR) is 61.3 cm³/mol. The molecule has 1 heterocycles. The van der Waals surface area contributed by atoms with Crippen molar-refractivity contribution in [2.45, 2.75) is 63.0 Å². The average Bonchev–Trinajstić information content (AvgIpc) is 2.17. The molecule has 0 radical (unpaired) electrons. The minimum atomic E-state index is -4.02. The van der Waals surface area contributed by atoms with E-state index >= 15 is 0 Å². The van der Waals surface area contributed by atoms with Crippen LogP contribution in [0.3, 0.4) is 0 Å². The van der Waals surface area contributed by atoms with E-state index in [0.29, 0.717) is 6.42 Å². The van der Waals surface area contributed by atoms with Crippen molar-refractivity contribution in [1.82, 2.24) is 0 Å². The molecule has 0 aromatic heterocycles. The highest BCUT2D eigenvalue weighted by Crippen LogP contribution is 2.34. The Labute approximate surface area is 97.0 Å². The Balaban J connectivity index is 2.45. The first-order chi connectivity index (χ1) is 7.36. The van der Waals surface area contributed by atoms with Gasteiger partial charge in [0.05, 0.1) is 14.0 Å². The molecule has 0 saturated carbocycles. The highest BCUT2D eigenvalue weighted by Gasteiger charge is 2.38. The predicted octanol–water partition coefficient (Wildman–Crippen LogP) is 3.68. The fourth-order valence-corrected chi connectivity index (χ4v) is 4.42. The van der Waals surface area contributed by atoms with E-state index in [-0.39, 0.29) is 11.6 Å². The second-order valence-electron chi connectivity index (χ2n) is 4.99. The lowest BCUT2D eigenvalue weighted by Gasteiger charge is -2.40. The molecule has 1 aliphatic rings. The summed E-state index contributed by atoms with van der Waals surface area (Å²) in [5, 5.41) is -0.163. The molecule has 0 spiro atoms. The molecule has 1 unspecified atom stereocenters. The molecule has 16 heavy (non-hydrogen) atoms. The van der Waals surface area contributed by atoms with Crippen LogP contribution in [0.2, 0.25) is 13.1 Å². The summed E-state index contributed by atoms with van der Waals surface area (Å²) in [4.78, 5) is 0. The fraction of sp³-hybridized carbons (Fsp3) is 1.00. The van der Waals surface area contributed by atoms with Crippen LogP contribution in [0.25, 0.3) is 0 Å². The standard InChI is InChI=1S/C11H21F3OSi/c1-16(2)10(6-3-4-9-15-10)7-5-8-11(12,13)14/h16H,3-9H2,1-2H3. The number of alkyl halides is 3. The van der Waals surface area contributed by atoms with Crippen LogP contribution < -0.4 is 0 Å². The summed E-state index contributed by atoms with van der Waals surface area (Å²) in [6.45, 7) is 5.09. The normalized spacial score (nSPS) is 27.4. The van der Waals surface area contributed by atoms with Gasteiger partial charge >= 0.3 is 6.18 Å². The SMILES string of the molecule is C[SiH](C)C1(CCCC(F)(F)F)CCCCO1. The van der Waals surface area contributed by atoms with Gasteiger partial charge in [0.2, 0.25) is 0 Å². The zero-order valence-electron chi connectivity index (χ0n) is 10.1. The zero-order valence-corrected chi connectivity index (χ0v) is 11.2. The number of ether oxygens (including phenoxy) is 1. The summed E-state index contributed by atoms with van der Waals surface area (Å²) in [7, 11) is -1.06. The van der Waals surface area contributed by atoms with Gasteiger partial charge in [0.1, 0.15) is 0 Å². The van der Waals surface area contributed by atoms with Crippen LogP contribution in [-0.4, -0.2) is 26.8 Å². The van der Waals surface area contributed by atoms with E-state index in [1.165, 1.54) is 0 Å². The molecule has 1 nitrogen and oxygen atoms in total. The molecule has 0 amide bonds. The molecule has 1 rings (SSSR count). The third-order valence-corrected chi connectivity index (χ3v) is 6.34. The van der Waals surface area contributed by atoms with Crippen molar-refractivity contribution in [2.24, 2.45) is 0 Å². The van der Waals surface area contributed by atoms with E-state index in [9.17, 15) is 13.2 Å². The maximum Gasteiger partial charge on any atom is 0.389 e. The minimum Gasteiger partial charge on any atom is -0.379 e. The first-order valence-electron chi connectivity index (χ1n) is 6.06. The van der Waals surface area contributed by atoms with Gasteiger partial charge in [-0.3, -0.25) is 0 Å². The fourth-order valence-electron chi connectivity index (χ4n) is 2.40. The summed E-state index contributed by atoms with van der Waals surface area (Å²) in [6.07, 6.45) is -0.743. The molecule has 1 fully saturated rings. The summed E-state index contributed by atoms with van der Waals surface area (Å²) in [6, 6.07) is 0. The van der Waals surface area contributed by atoms with Gasteiger partial charge in [0, 0.05) is 13.0 Å². The summed E-state index contributed by atoms with van der Waals surface area (Å²) < 4.78 is 42.2. The van der Waals surface area contributed by atoms with Gasteiger partial charge in [-0.1, -0.05) is 13.1 Å². The van der Waals surface area contributed by atoms with E-state index in [0.717, 1.165) is 25.9 Å². The third-order valence-electron chi connectivity index (χ3n) is 3.50. The van der Waals surface area contributed by atoms with Gasteiger partial charge in [-0.05, 0) is 32.1 Å². The number of hydrogen-bond acceptors (Lipinski definition) is 1. The topological polar surface area (TPSA) is 9.23 Å². The van der Waals surface area contributed by atoms with Gasteiger partial charge in [-0.15, -0.1) is 0 Å². The minimum absolute atomic E-state index is 0.163. The van der Waals surface area contributed by atoms with Gasteiger partial charge in [0.25, 0.3) is 0 Å². The Morgan fingerprint density at radius 2 is 1.94 bits per heavy atom. The smallest absolute Gasteiger partial charge is 0.379 e. The molecule has 0 aromatic rings. The van der Waals surface area contributed by atoms with Crippen LogP contribution >= 0.6 is 0 Å². The van der Waals surface area contributed by atoms with Crippen LogP contribution in [0, 0.1) is 0 Å². The molecule has 0 aliphatic carbocycles. The Morgan fingerprint density at radius 1 is 1.25 bits per heavy atom. The summed E-state index contributed by atoms with van der Waals surface area (Å²) in [5.74, 6) is 0. The van der Waals surface area contributed by atoms with Crippen LogP contribution in [0.15, 0.2) is 0 Å². The number of rotatable bonds is 4. The number of hydrogen-bond donors (Lipinski definition) is 0. The van der Waals surface area contributed by atoms with Crippen molar-refractivity contribution in [1.29, 1.82) is 0 Å². The second kappa shape index (κ2) is 5.54. The first-order valence-corrected chi connectivity index (χ1v) is 8.95. The zero-order chi connectivity index (χ0) is 12.2. The maximum absolute atomic E-state index is 12.1. The van der Waals surface area contributed by atoms with Gasteiger partial charge in [-0.2, -0.15) is 13.2 Å². The van der Waals surface area contributed by atoms with Crippen molar-refractivity contribution in [3.8, 4) is 0 Å². The number of halogens is 3. The molecular formula is C11H21F3OSi. The van der Waals surface area contributed by atoms with Gasteiger partial charge in [-0.25, -0.2) is 0 Å². The molecule has 1 atom stereocenters. The van der Waals surface area contributed by atoms with Crippen molar-refractivity contribution in [3.63, 3.8) is 0 Å². The van der Waals surface area contributed by atoms with Crippen LogP contribution in [0.1, 0.15) is 38.5 Å². The van der Waals surface area contributed by atoms with E-state index in [2.05, 4.69) is 13.1 Å². The average molecular weight is 254 g/mol. The second-order valence-corrected chi connectivity index (χ2v) is 8.36. The largest absolute Gasteiger partial charge is 0.389 e. The lowest BCUT2D eigenvalue weighted by Crippen LogP contribution is -2.47. The molecule has 0 bridgehead atoms. The molecular weight excluding hydrogens is 233 g/mol. The van der Waals surface area contributed by atoms with Crippen molar-refractivity contribution in [3.05, 3.63) is 0 Å². The van der Waals surface area contributed by atoms with E-state index in [1.54, 1.807) is 0 Å². The van der Waals surface area contributed by atoms with Gasteiger partial charge in [0.15, 0.2) is 0 Å². The Kier molecular flexibility index (Phi) is 4.85. The lowest BCUT2D eigenvalue weighted by molar-refractivity contribution is -0.138. The maximum atomic E-state index is 12.1. The molecule has 1 saturated heterocycles.